The fourth-order valence-electron chi connectivity index (χ4n) is 2.31. The molecule has 1 N–H and O–H groups in total. The Hall–Kier alpha value is -1.51. The van der Waals surface area contributed by atoms with E-state index in [0.29, 0.717) is 6.54 Å². The van der Waals surface area contributed by atoms with Gasteiger partial charge in [0.2, 0.25) is 0 Å². The van der Waals surface area contributed by atoms with Gasteiger partial charge in [-0.1, -0.05) is 67.0 Å². The van der Waals surface area contributed by atoms with Crippen molar-refractivity contribution in [1.29, 1.82) is 0 Å². The van der Waals surface area contributed by atoms with Crippen LogP contribution in [0.1, 0.15) is 72.4 Å². The Bertz CT molecular complexity index is 521. The molecule has 0 spiro atoms. The number of hydrogen-bond acceptors (Lipinski definition) is 2. The highest BCUT2D eigenvalue weighted by molar-refractivity contribution is 5.77. The smallest absolute Gasteiger partial charge is 0.257 e. The molecule has 0 saturated heterocycles. The summed E-state index contributed by atoms with van der Waals surface area (Å²) < 4.78 is 5.81. The van der Waals surface area contributed by atoms with Crippen molar-refractivity contribution >= 4 is 5.91 Å². The topological polar surface area (TPSA) is 38.3 Å². The van der Waals surface area contributed by atoms with E-state index in [-0.39, 0.29) is 23.3 Å². The minimum Gasteiger partial charge on any atom is -0.483 e. The first-order valence-electron chi connectivity index (χ1n) is 8.60. The molecule has 0 bridgehead atoms. The second kappa shape index (κ2) is 7.85. The lowest BCUT2D eigenvalue weighted by Crippen LogP contribution is -2.30. The summed E-state index contributed by atoms with van der Waals surface area (Å²) in [6, 6.07) is 6.31. The largest absolute Gasteiger partial charge is 0.483 e. The van der Waals surface area contributed by atoms with Crippen molar-refractivity contribution < 1.29 is 9.53 Å². The summed E-state index contributed by atoms with van der Waals surface area (Å²) in [4.78, 5) is 11.8. The molecule has 3 nitrogen and oxygen atoms in total. The summed E-state index contributed by atoms with van der Waals surface area (Å²) in [6.07, 6.45) is 2.07. The predicted molar refractivity (Wildman–Crippen MR) is 97.3 cm³/mol. The van der Waals surface area contributed by atoms with Crippen LogP contribution in [0.4, 0.5) is 0 Å². The molecule has 0 atom stereocenters. The van der Waals surface area contributed by atoms with E-state index in [4.69, 9.17) is 4.74 Å². The summed E-state index contributed by atoms with van der Waals surface area (Å²) in [6.45, 7) is 16.0. The van der Waals surface area contributed by atoms with Gasteiger partial charge in [-0.15, -0.1) is 0 Å². The summed E-state index contributed by atoms with van der Waals surface area (Å²) in [5.41, 5.74) is 2.49. The van der Waals surface area contributed by atoms with E-state index in [2.05, 4.69) is 65.9 Å². The minimum absolute atomic E-state index is 0.0325. The van der Waals surface area contributed by atoms with Crippen molar-refractivity contribution in [2.24, 2.45) is 0 Å². The van der Waals surface area contributed by atoms with E-state index in [0.717, 1.165) is 24.2 Å². The number of carbonyl (C=O) groups is 1. The van der Waals surface area contributed by atoms with Crippen molar-refractivity contribution in [1.82, 2.24) is 5.32 Å². The van der Waals surface area contributed by atoms with Crippen molar-refractivity contribution in [3.8, 4) is 5.75 Å². The molecule has 0 aliphatic heterocycles. The highest BCUT2D eigenvalue weighted by atomic mass is 16.5. The number of amides is 1. The molecule has 1 rings (SSSR count). The van der Waals surface area contributed by atoms with Crippen LogP contribution < -0.4 is 10.1 Å². The third-order valence-corrected chi connectivity index (χ3v) is 3.86. The standard InChI is InChI=1S/C20H33NO2/c1-8-9-12-21-18(22)14-23-17-11-10-15(19(2,3)4)13-16(17)20(5,6)7/h10-11,13H,8-9,12,14H2,1-7H3,(H,21,22). The van der Waals surface area contributed by atoms with Crippen LogP contribution in [0, 0.1) is 0 Å². The van der Waals surface area contributed by atoms with E-state index in [1.54, 1.807) is 0 Å². The second-order valence-corrected chi connectivity index (χ2v) is 8.20. The Balaban J connectivity index is 2.88. The fourth-order valence-corrected chi connectivity index (χ4v) is 2.31. The summed E-state index contributed by atoms with van der Waals surface area (Å²) >= 11 is 0. The maximum Gasteiger partial charge on any atom is 0.257 e. The van der Waals surface area contributed by atoms with Gasteiger partial charge in [0.25, 0.3) is 5.91 Å². The maximum absolute atomic E-state index is 11.8. The molecule has 0 aliphatic rings. The minimum atomic E-state index is -0.0572. The van der Waals surface area contributed by atoms with Crippen LogP contribution in [-0.2, 0) is 15.6 Å². The zero-order valence-corrected chi connectivity index (χ0v) is 15.9. The van der Waals surface area contributed by atoms with Gasteiger partial charge in [0, 0.05) is 6.54 Å². The van der Waals surface area contributed by atoms with E-state index in [1.165, 1.54) is 5.56 Å². The molecule has 3 heteroatoms. The van der Waals surface area contributed by atoms with Crippen LogP contribution in [0.3, 0.4) is 0 Å². The van der Waals surface area contributed by atoms with Gasteiger partial charge in [0.1, 0.15) is 5.75 Å². The molecule has 23 heavy (non-hydrogen) atoms. The summed E-state index contributed by atoms with van der Waals surface area (Å²) in [7, 11) is 0. The van der Waals surface area contributed by atoms with E-state index in [1.807, 2.05) is 6.07 Å². The molecule has 0 saturated carbocycles. The van der Waals surface area contributed by atoms with Crippen molar-refractivity contribution in [2.45, 2.75) is 72.1 Å². The zero-order chi connectivity index (χ0) is 17.7. The predicted octanol–water partition coefficient (Wildman–Crippen LogP) is 4.58. The number of carbonyl (C=O) groups excluding carboxylic acids is 1. The van der Waals surface area contributed by atoms with E-state index < -0.39 is 0 Å². The Morgan fingerprint density at radius 3 is 2.26 bits per heavy atom. The number of nitrogens with one attached hydrogen (secondary N) is 1. The van der Waals surface area contributed by atoms with Gasteiger partial charge >= 0.3 is 0 Å². The van der Waals surface area contributed by atoms with Crippen LogP contribution in [0.5, 0.6) is 5.75 Å². The lowest BCUT2D eigenvalue weighted by molar-refractivity contribution is -0.123. The van der Waals surface area contributed by atoms with Crippen LogP contribution in [0.15, 0.2) is 18.2 Å². The monoisotopic (exact) mass is 319 g/mol. The Kier molecular flexibility index (Phi) is 6.67. The normalized spacial score (nSPS) is 12.1. The maximum atomic E-state index is 11.8. The summed E-state index contributed by atoms with van der Waals surface area (Å²) in [5.74, 6) is 0.745. The van der Waals surface area contributed by atoms with Gasteiger partial charge in [-0.2, -0.15) is 0 Å². The van der Waals surface area contributed by atoms with Crippen molar-refractivity contribution in [3.05, 3.63) is 29.3 Å². The average Bonchev–Trinajstić information content (AvgIpc) is 2.43. The first-order chi connectivity index (χ1) is 10.6. The van der Waals surface area contributed by atoms with Crippen LogP contribution in [0.25, 0.3) is 0 Å². The van der Waals surface area contributed by atoms with Crippen LogP contribution in [-0.4, -0.2) is 19.1 Å². The zero-order valence-electron chi connectivity index (χ0n) is 15.9. The van der Waals surface area contributed by atoms with Crippen molar-refractivity contribution in [2.75, 3.05) is 13.2 Å². The molecule has 1 aromatic carbocycles. The number of hydrogen-bond donors (Lipinski definition) is 1. The first-order valence-corrected chi connectivity index (χ1v) is 8.60. The van der Waals surface area contributed by atoms with Gasteiger partial charge in [-0.3, -0.25) is 4.79 Å². The Morgan fingerprint density at radius 1 is 1.09 bits per heavy atom. The highest BCUT2D eigenvalue weighted by Crippen LogP contribution is 2.35. The third kappa shape index (κ3) is 6.25. The molecule has 0 heterocycles. The SMILES string of the molecule is CCCCNC(=O)COc1ccc(C(C)(C)C)cc1C(C)(C)C. The number of ether oxygens (including phenoxy) is 1. The van der Waals surface area contributed by atoms with E-state index >= 15 is 0 Å². The Morgan fingerprint density at radius 2 is 1.74 bits per heavy atom. The van der Waals surface area contributed by atoms with Crippen molar-refractivity contribution in [3.63, 3.8) is 0 Å². The molecule has 0 radical (unpaired) electrons. The van der Waals surface area contributed by atoms with Crippen LogP contribution >= 0.6 is 0 Å². The van der Waals surface area contributed by atoms with Gasteiger partial charge in [0.05, 0.1) is 0 Å². The average molecular weight is 319 g/mol. The first kappa shape index (κ1) is 19.5. The molecule has 0 aliphatic carbocycles. The molecular weight excluding hydrogens is 286 g/mol. The lowest BCUT2D eigenvalue weighted by Gasteiger charge is -2.27. The number of benzene rings is 1. The van der Waals surface area contributed by atoms with E-state index in [9.17, 15) is 4.79 Å². The molecular formula is C20H33NO2. The molecule has 0 fully saturated rings. The number of rotatable bonds is 6. The molecule has 130 valence electrons. The van der Waals surface area contributed by atoms with Gasteiger partial charge < -0.3 is 10.1 Å². The quantitative estimate of drug-likeness (QED) is 0.780. The van der Waals surface area contributed by atoms with Crippen LogP contribution in [0.2, 0.25) is 0 Å². The molecule has 1 amide bonds. The highest BCUT2D eigenvalue weighted by Gasteiger charge is 2.23. The third-order valence-electron chi connectivity index (χ3n) is 3.86. The summed E-state index contributed by atoms with van der Waals surface area (Å²) in [5, 5.41) is 2.88. The Labute approximate surface area is 141 Å². The van der Waals surface area contributed by atoms with Gasteiger partial charge in [0.15, 0.2) is 6.61 Å². The molecule has 0 aromatic heterocycles. The molecule has 1 aromatic rings. The molecule has 0 unspecified atom stereocenters. The number of unbranched alkanes of at least 4 members (excludes halogenated alkanes) is 1. The fraction of sp³-hybridized carbons (Fsp3) is 0.650. The van der Waals surface area contributed by atoms with Gasteiger partial charge in [-0.05, 0) is 34.4 Å². The second-order valence-electron chi connectivity index (χ2n) is 8.20. The van der Waals surface area contributed by atoms with Gasteiger partial charge in [-0.25, -0.2) is 0 Å². The lowest BCUT2D eigenvalue weighted by atomic mass is 9.80.